The molecule has 23 heavy (non-hydrogen) atoms. The van der Waals surface area contributed by atoms with Crippen molar-refractivity contribution in [2.75, 3.05) is 19.8 Å². The van der Waals surface area contributed by atoms with Gasteiger partial charge in [0.1, 0.15) is 11.5 Å². The number of sulfonamides is 2. The molecule has 0 aromatic carbocycles. The van der Waals surface area contributed by atoms with Crippen molar-refractivity contribution < 1.29 is 21.6 Å². The van der Waals surface area contributed by atoms with E-state index >= 15 is 0 Å². The second kappa shape index (κ2) is 6.57. The molecule has 0 aliphatic carbocycles. The average molecular weight is 370 g/mol. The van der Waals surface area contributed by atoms with Crippen LogP contribution in [0.3, 0.4) is 0 Å². The van der Waals surface area contributed by atoms with E-state index in [1.807, 2.05) is 20.8 Å². The second-order valence-electron chi connectivity index (χ2n) is 7.41. The molecular weight excluding hydrogens is 342 g/mol. The Bertz CT molecular complexity index is 626. The molecule has 2 aliphatic heterocycles. The largest absolute Gasteiger partial charge is 0.361 e. The lowest BCUT2D eigenvalue weighted by Gasteiger charge is -2.38. The zero-order chi connectivity index (χ0) is 17.5. The van der Waals surface area contributed by atoms with Gasteiger partial charge in [-0.25, -0.2) is 21.6 Å². The van der Waals surface area contributed by atoms with Crippen molar-refractivity contribution >= 4 is 20.0 Å². The predicted molar refractivity (Wildman–Crippen MR) is 87.5 cm³/mol. The lowest BCUT2D eigenvalue weighted by molar-refractivity contribution is 0.00551. The van der Waals surface area contributed by atoms with Crippen LogP contribution in [-0.4, -0.2) is 53.4 Å². The highest BCUT2D eigenvalue weighted by molar-refractivity contribution is 7.90. The lowest BCUT2D eigenvalue weighted by atomic mass is 9.92. The van der Waals surface area contributed by atoms with Crippen LogP contribution in [0, 0.1) is 11.3 Å². The minimum absolute atomic E-state index is 0.115. The van der Waals surface area contributed by atoms with Crippen LogP contribution in [0.1, 0.15) is 34.1 Å². The summed E-state index contributed by atoms with van der Waals surface area (Å²) < 4.78 is 59.5. The molecule has 4 unspecified atom stereocenters. The molecule has 0 aromatic rings. The third-order valence-electron chi connectivity index (χ3n) is 4.45. The Kier molecular flexibility index (Phi) is 5.44. The van der Waals surface area contributed by atoms with Crippen molar-refractivity contribution in [3.63, 3.8) is 0 Å². The van der Waals surface area contributed by atoms with E-state index in [-0.39, 0.29) is 19.2 Å². The van der Waals surface area contributed by atoms with Gasteiger partial charge in [0.05, 0.1) is 18.5 Å². The smallest absolute Gasteiger partial charge is 0.219 e. The summed E-state index contributed by atoms with van der Waals surface area (Å²) in [6.07, 6.45) is -0.380. The zero-order valence-corrected chi connectivity index (χ0v) is 15.6. The van der Waals surface area contributed by atoms with Crippen molar-refractivity contribution in [2.24, 2.45) is 11.3 Å². The Balaban J connectivity index is 2.02. The molecule has 8 nitrogen and oxygen atoms in total. The maximum absolute atomic E-state index is 12.4. The van der Waals surface area contributed by atoms with Crippen LogP contribution in [-0.2, 0) is 24.8 Å². The molecule has 2 heterocycles. The van der Waals surface area contributed by atoms with E-state index in [9.17, 15) is 16.8 Å². The minimum atomic E-state index is -3.49. The fraction of sp³-hybridized carbons (Fsp3) is 1.00. The van der Waals surface area contributed by atoms with E-state index in [0.29, 0.717) is 13.0 Å². The summed E-state index contributed by atoms with van der Waals surface area (Å²) in [5.41, 5.74) is -0.428. The van der Waals surface area contributed by atoms with E-state index < -0.39 is 42.2 Å². The van der Waals surface area contributed by atoms with Crippen LogP contribution in [0.25, 0.3) is 0 Å². The summed E-state index contributed by atoms with van der Waals surface area (Å²) in [6, 6.07) is 0. The minimum Gasteiger partial charge on any atom is -0.361 e. The van der Waals surface area contributed by atoms with Gasteiger partial charge in [0.25, 0.3) is 0 Å². The van der Waals surface area contributed by atoms with Gasteiger partial charge in [0, 0.05) is 6.54 Å². The number of ether oxygens (including phenoxy) is 1. The molecule has 0 amide bonds. The fourth-order valence-electron chi connectivity index (χ4n) is 3.00. The van der Waals surface area contributed by atoms with Gasteiger partial charge in [0.2, 0.25) is 20.0 Å². The van der Waals surface area contributed by atoms with Crippen LogP contribution >= 0.6 is 0 Å². The van der Waals surface area contributed by atoms with Crippen LogP contribution in [0.15, 0.2) is 0 Å². The van der Waals surface area contributed by atoms with Crippen LogP contribution in [0.5, 0.6) is 0 Å². The standard InChI is InChI=1S/C13H27N3O5S2/c1-9(10-6-14-8-15-22(10,17)18)5-12-16-23(19,20)11(7-21-12)13(2,3)4/h9-12,14-16H,5-8H2,1-4H3. The van der Waals surface area contributed by atoms with Gasteiger partial charge in [-0.1, -0.05) is 27.7 Å². The number of hydrogen-bond donors (Lipinski definition) is 3. The number of rotatable bonds is 3. The summed E-state index contributed by atoms with van der Waals surface area (Å²) in [5, 5.41) is 1.75. The van der Waals surface area contributed by atoms with Crippen LogP contribution in [0.2, 0.25) is 0 Å². The van der Waals surface area contributed by atoms with Crippen molar-refractivity contribution in [3.05, 3.63) is 0 Å². The molecular formula is C13H27N3O5S2. The number of hydrogen-bond acceptors (Lipinski definition) is 6. The van der Waals surface area contributed by atoms with E-state index in [1.54, 1.807) is 6.92 Å². The molecule has 0 spiro atoms. The Morgan fingerprint density at radius 2 is 1.83 bits per heavy atom. The highest BCUT2D eigenvalue weighted by Gasteiger charge is 2.43. The third-order valence-corrected chi connectivity index (χ3v) is 8.61. The SMILES string of the molecule is CC(CC1NS(=O)(=O)C(C(C)(C)C)CO1)C1CNCNS1(=O)=O. The van der Waals surface area contributed by atoms with Crippen LogP contribution in [0.4, 0.5) is 0 Å². The van der Waals surface area contributed by atoms with Crippen molar-refractivity contribution in [3.8, 4) is 0 Å². The Labute approximate surface area is 138 Å². The van der Waals surface area contributed by atoms with E-state index in [4.69, 9.17) is 4.74 Å². The molecule has 2 saturated heterocycles. The van der Waals surface area contributed by atoms with Gasteiger partial charge >= 0.3 is 0 Å². The van der Waals surface area contributed by atoms with Gasteiger partial charge in [0.15, 0.2) is 0 Å². The summed E-state index contributed by atoms with van der Waals surface area (Å²) in [4.78, 5) is 0. The molecule has 4 atom stereocenters. The van der Waals surface area contributed by atoms with Crippen molar-refractivity contribution in [2.45, 2.75) is 50.8 Å². The molecule has 2 rings (SSSR count). The maximum atomic E-state index is 12.4. The predicted octanol–water partition coefficient (Wildman–Crippen LogP) is -0.448. The molecule has 0 bridgehead atoms. The first-order valence-electron chi connectivity index (χ1n) is 7.75. The quantitative estimate of drug-likeness (QED) is 0.621. The van der Waals surface area contributed by atoms with Gasteiger partial charge < -0.3 is 10.1 Å². The molecule has 2 fully saturated rings. The monoisotopic (exact) mass is 369 g/mol. The second-order valence-corrected chi connectivity index (χ2v) is 11.3. The Morgan fingerprint density at radius 3 is 2.35 bits per heavy atom. The third kappa shape index (κ3) is 4.43. The summed E-state index contributed by atoms with van der Waals surface area (Å²) in [5.74, 6) is -0.251. The topological polar surface area (TPSA) is 114 Å². The molecule has 136 valence electrons. The van der Waals surface area contributed by atoms with Gasteiger partial charge in [-0.2, -0.15) is 4.72 Å². The van der Waals surface area contributed by atoms with Crippen LogP contribution < -0.4 is 14.8 Å². The Morgan fingerprint density at radius 1 is 1.17 bits per heavy atom. The highest BCUT2D eigenvalue weighted by Crippen LogP contribution is 2.30. The first-order chi connectivity index (χ1) is 10.4. The highest BCUT2D eigenvalue weighted by atomic mass is 32.2. The van der Waals surface area contributed by atoms with Gasteiger partial charge in [-0.05, 0) is 17.8 Å². The molecule has 0 saturated carbocycles. The summed E-state index contributed by atoms with van der Waals surface area (Å²) in [6.45, 7) is 8.06. The molecule has 10 heteroatoms. The van der Waals surface area contributed by atoms with Crippen molar-refractivity contribution in [1.29, 1.82) is 0 Å². The maximum Gasteiger partial charge on any atom is 0.219 e. The van der Waals surface area contributed by atoms with E-state index in [2.05, 4.69) is 14.8 Å². The lowest BCUT2D eigenvalue weighted by Crippen LogP contribution is -2.57. The Hall–Kier alpha value is -0.260. The first-order valence-corrected chi connectivity index (χ1v) is 10.8. The fourth-order valence-corrected chi connectivity index (χ4v) is 6.46. The molecule has 3 N–H and O–H groups in total. The zero-order valence-electron chi connectivity index (χ0n) is 14.0. The first kappa shape index (κ1) is 19.1. The molecule has 0 aromatic heterocycles. The summed E-state index contributed by atoms with van der Waals surface area (Å²) in [7, 11) is -6.87. The van der Waals surface area contributed by atoms with Crippen molar-refractivity contribution in [1.82, 2.24) is 14.8 Å². The van der Waals surface area contributed by atoms with Gasteiger partial charge in [-0.3, -0.25) is 0 Å². The normalized spacial score (nSPS) is 35.6. The molecule has 0 radical (unpaired) electrons. The van der Waals surface area contributed by atoms with Gasteiger partial charge in [-0.15, -0.1) is 0 Å². The van der Waals surface area contributed by atoms with E-state index in [0.717, 1.165) is 0 Å². The molecule has 2 aliphatic rings. The number of nitrogens with one attached hydrogen (secondary N) is 3. The van der Waals surface area contributed by atoms with E-state index in [1.165, 1.54) is 0 Å². The summed E-state index contributed by atoms with van der Waals surface area (Å²) >= 11 is 0. The average Bonchev–Trinajstić information content (AvgIpc) is 2.34.